The Morgan fingerprint density at radius 2 is 2.50 bits per heavy atom. The molecular weight excluding hydrogens is 320 g/mol. The van der Waals surface area contributed by atoms with Crippen LogP contribution < -0.4 is 11.1 Å². The molecule has 112 valence electrons. The number of nitrogens with zero attached hydrogens (tertiary/aromatic N) is 2. The number of carbonyl (C=O) groups is 1. The number of carbonyl (C=O) groups excluding carboxylic acids is 1. The van der Waals surface area contributed by atoms with E-state index >= 15 is 0 Å². The number of aryl methyl sites for hydroxylation is 1. The third kappa shape index (κ3) is 3.23. The third-order valence-corrected chi connectivity index (χ3v) is 4.67. The molecule has 0 saturated heterocycles. The molecule has 1 fully saturated rings. The molecule has 1 aliphatic carbocycles. The van der Waals surface area contributed by atoms with Crippen molar-refractivity contribution in [2.24, 2.45) is 11.7 Å². The van der Waals surface area contributed by atoms with Crippen LogP contribution in [0.5, 0.6) is 0 Å². The molecule has 1 aromatic heterocycles. The Kier molecular flexibility index (Phi) is 5.21. The van der Waals surface area contributed by atoms with Gasteiger partial charge in [-0.1, -0.05) is 13.3 Å². The van der Waals surface area contributed by atoms with Gasteiger partial charge in [-0.2, -0.15) is 5.10 Å². The van der Waals surface area contributed by atoms with Crippen molar-refractivity contribution >= 4 is 21.8 Å². The maximum Gasteiger partial charge on any atom is 0.238 e. The van der Waals surface area contributed by atoms with Crippen LogP contribution in [-0.2, 0) is 11.3 Å². The van der Waals surface area contributed by atoms with Gasteiger partial charge in [0.2, 0.25) is 5.91 Å². The normalized spacial score (nSPS) is 26.0. The molecule has 1 saturated carbocycles. The lowest BCUT2D eigenvalue weighted by Gasteiger charge is -2.33. The highest BCUT2D eigenvalue weighted by Crippen LogP contribution is 2.38. The van der Waals surface area contributed by atoms with Gasteiger partial charge in [-0.05, 0) is 54.1 Å². The molecule has 3 N–H and O–H groups in total. The number of hydrogen-bond donors (Lipinski definition) is 2. The first-order chi connectivity index (χ1) is 9.58. The predicted molar refractivity (Wildman–Crippen MR) is 82.1 cm³/mol. The number of aromatic nitrogens is 2. The van der Waals surface area contributed by atoms with Gasteiger partial charge in [0.25, 0.3) is 0 Å². The van der Waals surface area contributed by atoms with Gasteiger partial charge in [0, 0.05) is 12.7 Å². The number of amides is 1. The highest BCUT2D eigenvalue weighted by Gasteiger charge is 2.46. The first-order valence-corrected chi connectivity index (χ1v) is 8.10. The zero-order valence-electron chi connectivity index (χ0n) is 11.9. The summed E-state index contributed by atoms with van der Waals surface area (Å²) in [6.45, 7) is 3.76. The minimum absolute atomic E-state index is 0.199. The Labute approximate surface area is 128 Å². The quantitative estimate of drug-likeness (QED) is 0.796. The second-order valence-electron chi connectivity index (χ2n) is 5.56. The topological polar surface area (TPSA) is 72.9 Å². The van der Waals surface area contributed by atoms with E-state index in [-0.39, 0.29) is 5.91 Å². The van der Waals surface area contributed by atoms with Crippen LogP contribution in [0.15, 0.2) is 16.9 Å². The average Bonchev–Trinajstić information content (AvgIpc) is 3.01. The van der Waals surface area contributed by atoms with Gasteiger partial charge in [-0.15, -0.1) is 0 Å². The summed E-state index contributed by atoms with van der Waals surface area (Å²) in [5.74, 6) is 0.102. The monoisotopic (exact) mass is 342 g/mol. The second-order valence-corrected chi connectivity index (χ2v) is 6.48. The molecule has 0 radical (unpaired) electrons. The Hall–Kier alpha value is -0.880. The molecule has 1 aromatic rings. The van der Waals surface area contributed by atoms with Gasteiger partial charge in [-0.3, -0.25) is 9.48 Å². The molecule has 1 heterocycles. The molecule has 5 nitrogen and oxygen atoms in total. The molecule has 2 rings (SSSR count). The fourth-order valence-corrected chi connectivity index (χ4v) is 3.54. The zero-order chi connectivity index (χ0) is 14.6. The molecule has 0 spiro atoms. The summed E-state index contributed by atoms with van der Waals surface area (Å²) in [5.41, 5.74) is 5.19. The Balaban J connectivity index is 2.02. The maximum atomic E-state index is 12.0. The van der Waals surface area contributed by atoms with Crippen LogP contribution >= 0.6 is 15.9 Å². The first kappa shape index (κ1) is 15.5. The molecule has 0 bridgehead atoms. The van der Waals surface area contributed by atoms with Crippen molar-refractivity contribution in [3.05, 3.63) is 16.9 Å². The molecule has 0 aromatic carbocycles. The fraction of sp³-hybridized carbons (Fsp3) is 0.714. The van der Waals surface area contributed by atoms with E-state index < -0.39 is 5.54 Å². The van der Waals surface area contributed by atoms with Crippen molar-refractivity contribution in [1.82, 2.24) is 15.1 Å². The van der Waals surface area contributed by atoms with E-state index in [2.05, 4.69) is 33.3 Å². The molecule has 6 heteroatoms. The maximum absolute atomic E-state index is 12.0. The van der Waals surface area contributed by atoms with Crippen LogP contribution in [0.2, 0.25) is 0 Å². The molecule has 1 amide bonds. The average molecular weight is 343 g/mol. The van der Waals surface area contributed by atoms with Crippen LogP contribution in [0.3, 0.4) is 0 Å². The first-order valence-electron chi connectivity index (χ1n) is 7.31. The number of nitrogens with one attached hydrogen (secondary N) is 1. The Morgan fingerprint density at radius 1 is 1.70 bits per heavy atom. The van der Waals surface area contributed by atoms with Crippen LogP contribution in [0.4, 0.5) is 0 Å². The van der Waals surface area contributed by atoms with Gasteiger partial charge in [0.05, 0.1) is 10.7 Å². The van der Waals surface area contributed by atoms with E-state index in [4.69, 9.17) is 5.73 Å². The van der Waals surface area contributed by atoms with Crippen molar-refractivity contribution in [2.45, 2.75) is 51.1 Å². The van der Waals surface area contributed by atoms with E-state index in [1.54, 1.807) is 6.20 Å². The molecule has 0 aliphatic heterocycles. The van der Waals surface area contributed by atoms with Gasteiger partial charge in [0.15, 0.2) is 0 Å². The minimum Gasteiger partial charge on any atom is -0.368 e. The summed E-state index contributed by atoms with van der Waals surface area (Å²) in [7, 11) is 0. The standard InChI is InChI=1S/C14H23BrN4O/c1-2-7-17-14(13(16)20)6-3-4-11(14)5-8-19-10-12(15)9-18-19/h9-11,17H,2-8H2,1H3,(H2,16,20). The highest BCUT2D eigenvalue weighted by molar-refractivity contribution is 9.10. The largest absolute Gasteiger partial charge is 0.368 e. The van der Waals surface area contributed by atoms with Gasteiger partial charge in [0.1, 0.15) is 5.54 Å². The Bertz CT molecular complexity index is 462. The van der Waals surface area contributed by atoms with Crippen molar-refractivity contribution < 1.29 is 4.79 Å². The van der Waals surface area contributed by atoms with Crippen LogP contribution in [0.25, 0.3) is 0 Å². The lowest BCUT2D eigenvalue weighted by molar-refractivity contribution is -0.126. The summed E-state index contributed by atoms with van der Waals surface area (Å²) in [4.78, 5) is 12.0. The third-order valence-electron chi connectivity index (χ3n) is 4.26. The lowest BCUT2D eigenvalue weighted by Crippen LogP contribution is -2.58. The number of halogens is 1. The predicted octanol–water partition coefficient (Wildman–Crippen LogP) is 2.06. The molecule has 20 heavy (non-hydrogen) atoms. The number of hydrogen-bond acceptors (Lipinski definition) is 3. The summed E-state index contributed by atoms with van der Waals surface area (Å²) in [6, 6.07) is 0. The van der Waals surface area contributed by atoms with Crippen LogP contribution in [-0.4, -0.2) is 27.8 Å². The molecule has 1 aliphatic rings. The zero-order valence-corrected chi connectivity index (χ0v) is 13.5. The summed E-state index contributed by atoms with van der Waals surface area (Å²) in [5, 5.41) is 7.69. The van der Waals surface area contributed by atoms with Gasteiger partial charge >= 0.3 is 0 Å². The lowest BCUT2D eigenvalue weighted by atomic mass is 9.83. The SMILES string of the molecule is CCCNC1(C(N)=O)CCCC1CCn1cc(Br)cn1. The number of primary amides is 1. The van der Waals surface area contributed by atoms with E-state index in [0.717, 1.165) is 49.7 Å². The molecule has 2 unspecified atom stereocenters. The van der Waals surface area contributed by atoms with Crippen molar-refractivity contribution in [2.75, 3.05) is 6.54 Å². The second kappa shape index (κ2) is 6.72. The van der Waals surface area contributed by atoms with Crippen molar-refractivity contribution in [3.8, 4) is 0 Å². The van der Waals surface area contributed by atoms with E-state index in [0.29, 0.717) is 5.92 Å². The van der Waals surface area contributed by atoms with Gasteiger partial charge < -0.3 is 11.1 Å². The summed E-state index contributed by atoms with van der Waals surface area (Å²) >= 11 is 3.40. The fourth-order valence-electron chi connectivity index (χ4n) is 3.21. The van der Waals surface area contributed by atoms with E-state index in [1.165, 1.54) is 0 Å². The summed E-state index contributed by atoms with van der Waals surface area (Å²) in [6.07, 6.45) is 8.65. The van der Waals surface area contributed by atoms with E-state index in [1.807, 2.05) is 10.9 Å². The van der Waals surface area contributed by atoms with Gasteiger partial charge in [-0.25, -0.2) is 0 Å². The summed E-state index contributed by atoms with van der Waals surface area (Å²) < 4.78 is 2.89. The van der Waals surface area contributed by atoms with Crippen molar-refractivity contribution in [3.63, 3.8) is 0 Å². The smallest absolute Gasteiger partial charge is 0.238 e. The Morgan fingerprint density at radius 3 is 3.10 bits per heavy atom. The number of rotatable bonds is 7. The van der Waals surface area contributed by atoms with Crippen LogP contribution in [0.1, 0.15) is 39.0 Å². The molecule has 2 atom stereocenters. The minimum atomic E-state index is -0.513. The highest BCUT2D eigenvalue weighted by atomic mass is 79.9. The van der Waals surface area contributed by atoms with Crippen LogP contribution in [0, 0.1) is 5.92 Å². The van der Waals surface area contributed by atoms with E-state index in [9.17, 15) is 4.79 Å². The van der Waals surface area contributed by atoms with Crippen molar-refractivity contribution in [1.29, 1.82) is 0 Å². The number of nitrogens with two attached hydrogens (primary N) is 1. The molecular formula is C14H23BrN4O.